The normalized spacial score (nSPS) is 19.0. The van der Waals surface area contributed by atoms with Crippen molar-refractivity contribution in [3.05, 3.63) is 41.8 Å². The molecule has 0 saturated carbocycles. The van der Waals surface area contributed by atoms with Crippen LogP contribution in [0.1, 0.15) is 36.2 Å². The summed E-state index contributed by atoms with van der Waals surface area (Å²) in [7, 11) is 0. The maximum Gasteiger partial charge on any atom is 0.231 e. The van der Waals surface area contributed by atoms with Gasteiger partial charge >= 0.3 is 0 Å². The molecule has 0 unspecified atom stereocenters. The summed E-state index contributed by atoms with van der Waals surface area (Å²) >= 11 is 0. The van der Waals surface area contributed by atoms with Crippen LogP contribution >= 0.6 is 0 Å². The van der Waals surface area contributed by atoms with Gasteiger partial charge in [-0.3, -0.25) is 9.78 Å². The minimum atomic E-state index is 0.146. The summed E-state index contributed by atoms with van der Waals surface area (Å²) in [6.45, 7) is 3.13. The van der Waals surface area contributed by atoms with E-state index >= 15 is 0 Å². The molecule has 1 fully saturated rings. The molecule has 3 heterocycles. The zero-order chi connectivity index (χ0) is 14.7. The lowest BCUT2D eigenvalue weighted by Crippen LogP contribution is -2.40. The third-order valence-electron chi connectivity index (χ3n) is 3.76. The second-order valence-electron chi connectivity index (χ2n) is 5.33. The Hall–Kier alpha value is -2.24. The van der Waals surface area contributed by atoms with Gasteiger partial charge < -0.3 is 9.42 Å². The van der Waals surface area contributed by atoms with E-state index in [1.807, 2.05) is 23.1 Å². The van der Waals surface area contributed by atoms with Gasteiger partial charge in [0.05, 0.1) is 5.92 Å². The van der Waals surface area contributed by atoms with Gasteiger partial charge in [-0.2, -0.15) is 4.98 Å². The third kappa shape index (κ3) is 3.26. The van der Waals surface area contributed by atoms with Gasteiger partial charge in [-0.15, -0.1) is 0 Å². The summed E-state index contributed by atoms with van der Waals surface area (Å²) < 4.78 is 5.24. The van der Waals surface area contributed by atoms with E-state index in [1.165, 1.54) is 0 Å². The predicted molar refractivity (Wildman–Crippen MR) is 75.5 cm³/mol. The maximum absolute atomic E-state index is 12.0. The van der Waals surface area contributed by atoms with Crippen molar-refractivity contribution in [2.45, 2.75) is 32.1 Å². The van der Waals surface area contributed by atoms with Crippen molar-refractivity contribution in [2.24, 2.45) is 0 Å². The van der Waals surface area contributed by atoms with Crippen molar-refractivity contribution in [1.29, 1.82) is 0 Å². The number of aromatic nitrogens is 3. The zero-order valence-electron chi connectivity index (χ0n) is 12.0. The number of piperidine rings is 1. The molecule has 1 amide bonds. The second-order valence-corrected chi connectivity index (χ2v) is 5.33. The summed E-state index contributed by atoms with van der Waals surface area (Å²) in [6, 6.07) is 5.83. The van der Waals surface area contributed by atoms with Gasteiger partial charge in [-0.05, 0) is 25.5 Å². The van der Waals surface area contributed by atoms with E-state index in [9.17, 15) is 4.79 Å². The number of carbonyl (C=O) groups is 1. The second kappa shape index (κ2) is 6.03. The Morgan fingerprint density at radius 1 is 1.43 bits per heavy atom. The van der Waals surface area contributed by atoms with Gasteiger partial charge in [0.15, 0.2) is 5.82 Å². The van der Waals surface area contributed by atoms with E-state index in [-0.39, 0.29) is 11.8 Å². The molecule has 1 atom stereocenters. The smallest absolute Gasteiger partial charge is 0.231 e. The van der Waals surface area contributed by atoms with Crippen LogP contribution in [0, 0.1) is 6.92 Å². The van der Waals surface area contributed by atoms with Crippen molar-refractivity contribution in [3.63, 3.8) is 0 Å². The van der Waals surface area contributed by atoms with E-state index in [0.29, 0.717) is 31.2 Å². The Balaban J connectivity index is 1.62. The van der Waals surface area contributed by atoms with Crippen molar-refractivity contribution >= 4 is 5.91 Å². The Morgan fingerprint density at radius 2 is 2.33 bits per heavy atom. The lowest BCUT2D eigenvalue weighted by Gasteiger charge is -2.30. The predicted octanol–water partition coefficient (Wildman–Crippen LogP) is 1.72. The van der Waals surface area contributed by atoms with Gasteiger partial charge in [0, 0.05) is 37.8 Å². The number of amides is 1. The lowest BCUT2D eigenvalue weighted by molar-refractivity contribution is -0.133. The quantitative estimate of drug-likeness (QED) is 0.855. The number of pyridine rings is 1. The van der Waals surface area contributed by atoms with Gasteiger partial charge in [0.25, 0.3) is 0 Å². The van der Waals surface area contributed by atoms with Crippen LogP contribution in [-0.2, 0) is 11.2 Å². The molecular weight excluding hydrogens is 268 g/mol. The standard InChI is InChI=1S/C15H18N4O2/c1-11-17-15(21-18-11)12-5-6-14(20)19(10-12)9-7-13-4-2-3-8-16-13/h2-4,8,12H,5-7,9-10H2,1H3/t12-/m0/s1. The number of rotatable bonds is 4. The molecule has 0 spiro atoms. The van der Waals surface area contributed by atoms with Gasteiger partial charge in [-0.1, -0.05) is 11.2 Å². The first-order chi connectivity index (χ1) is 10.2. The van der Waals surface area contributed by atoms with Crippen LogP contribution in [0.5, 0.6) is 0 Å². The minimum absolute atomic E-state index is 0.146. The molecule has 2 aromatic rings. The van der Waals surface area contributed by atoms with Crippen molar-refractivity contribution < 1.29 is 9.32 Å². The summed E-state index contributed by atoms with van der Waals surface area (Å²) in [5.74, 6) is 1.62. The molecule has 6 heteroatoms. The first-order valence-corrected chi connectivity index (χ1v) is 7.20. The third-order valence-corrected chi connectivity index (χ3v) is 3.76. The molecule has 0 N–H and O–H groups in total. The maximum atomic E-state index is 12.0. The summed E-state index contributed by atoms with van der Waals surface area (Å²) in [4.78, 5) is 22.5. The van der Waals surface area contributed by atoms with Crippen LogP contribution in [0.15, 0.2) is 28.9 Å². The molecule has 2 aromatic heterocycles. The highest BCUT2D eigenvalue weighted by Crippen LogP contribution is 2.26. The summed E-state index contributed by atoms with van der Waals surface area (Å²) in [6.07, 6.45) is 3.86. The summed E-state index contributed by atoms with van der Waals surface area (Å²) in [5, 5.41) is 3.83. The topological polar surface area (TPSA) is 72.1 Å². The molecule has 1 saturated heterocycles. The molecule has 1 aliphatic heterocycles. The van der Waals surface area contributed by atoms with Crippen molar-refractivity contribution in [3.8, 4) is 0 Å². The largest absolute Gasteiger partial charge is 0.342 e. The molecule has 0 bridgehead atoms. The zero-order valence-corrected chi connectivity index (χ0v) is 12.0. The van der Waals surface area contributed by atoms with E-state index in [1.54, 1.807) is 13.1 Å². The fourth-order valence-electron chi connectivity index (χ4n) is 2.61. The van der Waals surface area contributed by atoms with Gasteiger partial charge in [0.2, 0.25) is 11.8 Å². The lowest BCUT2D eigenvalue weighted by atomic mass is 9.97. The Morgan fingerprint density at radius 3 is 3.05 bits per heavy atom. The number of likely N-dealkylation sites (tertiary alicyclic amines) is 1. The molecular formula is C15H18N4O2. The van der Waals surface area contributed by atoms with Crippen LogP contribution in [-0.4, -0.2) is 39.0 Å². The highest BCUT2D eigenvalue weighted by molar-refractivity contribution is 5.77. The van der Waals surface area contributed by atoms with E-state index < -0.39 is 0 Å². The Bertz CT molecular complexity index is 611. The van der Waals surface area contributed by atoms with E-state index in [0.717, 1.165) is 18.5 Å². The summed E-state index contributed by atoms with van der Waals surface area (Å²) in [5.41, 5.74) is 1.00. The molecule has 0 aliphatic carbocycles. The van der Waals surface area contributed by atoms with Crippen molar-refractivity contribution in [1.82, 2.24) is 20.0 Å². The first-order valence-electron chi connectivity index (χ1n) is 7.20. The van der Waals surface area contributed by atoms with Crippen molar-refractivity contribution in [2.75, 3.05) is 13.1 Å². The first kappa shape index (κ1) is 13.7. The average molecular weight is 286 g/mol. The molecule has 3 rings (SSSR count). The molecule has 21 heavy (non-hydrogen) atoms. The van der Waals surface area contributed by atoms with Crippen LogP contribution in [0.4, 0.5) is 0 Å². The fraction of sp³-hybridized carbons (Fsp3) is 0.467. The van der Waals surface area contributed by atoms with Gasteiger partial charge in [-0.25, -0.2) is 0 Å². The number of nitrogens with zero attached hydrogens (tertiary/aromatic N) is 4. The Labute approximate surface area is 123 Å². The van der Waals surface area contributed by atoms with Crippen LogP contribution in [0.2, 0.25) is 0 Å². The van der Waals surface area contributed by atoms with Gasteiger partial charge in [0.1, 0.15) is 0 Å². The number of hydrogen-bond acceptors (Lipinski definition) is 5. The molecule has 1 aliphatic rings. The van der Waals surface area contributed by atoms with Crippen LogP contribution < -0.4 is 0 Å². The molecule has 6 nitrogen and oxygen atoms in total. The number of hydrogen-bond donors (Lipinski definition) is 0. The monoisotopic (exact) mass is 286 g/mol. The molecule has 0 aromatic carbocycles. The average Bonchev–Trinajstić information content (AvgIpc) is 2.94. The van der Waals surface area contributed by atoms with E-state index in [4.69, 9.17) is 4.52 Å². The highest BCUT2D eigenvalue weighted by Gasteiger charge is 2.29. The number of aryl methyl sites for hydroxylation is 1. The molecule has 110 valence electrons. The number of carbonyl (C=O) groups excluding carboxylic acids is 1. The van der Waals surface area contributed by atoms with Crippen LogP contribution in [0.3, 0.4) is 0 Å². The Kier molecular flexibility index (Phi) is 3.94. The molecule has 0 radical (unpaired) electrons. The van der Waals surface area contributed by atoms with E-state index in [2.05, 4.69) is 15.1 Å². The van der Waals surface area contributed by atoms with Crippen LogP contribution in [0.25, 0.3) is 0 Å². The minimum Gasteiger partial charge on any atom is -0.342 e. The SMILES string of the molecule is Cc1noc([C@H]2CCC(=O)N(CCc3ccccn3)C2)n1. The highest BCUT2D eigenvalue weighted by atomic mass is 16.5. The fourth-order valence-corrected chi connectivity index (χ4v) is 2.61.